The van der Waals surface area contributed by atoms with Gasteiger partial charge in [0.25, 0.3) is 0 Å². The second-order valence-electron chi connectivity index (χ2n) is 4.43. The van der Waals surface area contributed by atoms with Gasteiger partial charge in [0.15, 0.2) is 0 Å². The van der Waals surface area contributed by atoms with Gasteiger partial charge >= 0.3 is 5.97 Å². The Morgan fingerprint density at radius 3 is 2.72 bits per heavy atom. The SMILES string of the molecule is CSCCC(N)(C(=O)O)c1cn(C(C)C)nc1I. The molecule has 1 aromatic rings. The fraction of sp³-hybridized carbons (Fsp3) is 0.636. The number of hydrogen-bond donors (Lipinski definition) is 2. The van der Waals surface area contributed by atoms with Crippen LogP contribution in [0.4, 0.5) is 0 Å². The molecule has 0 aromatic carbocycles. The van der Waals surface area contributed by atoms with Crippen molar-refractivity contribution in [1.29, 1.82) is 0 Å². The maximum atomic E-state index is 11.5. The predicted octanol–water partition coefficient (Wildman–Crippen LogP) is 2.06. The fourth-order valence-corrected chi connectivity index (χ4v) is 2.95. The lowest BCUT2D eigenvalue weighted by Gasteiger charge is -2.23. The summed E-state index contributed by atoms with van der Waals surface area (Å²) in [5, 5.41) is 13.7. The van der Waals surface area contributed by atoms with Gasteiger partial charge in [0.05, 0.1) is 0 Å². The summed E-state index contributed by atoms with van der Waals surface area (Å²) >= 11 is 3.63. The summed E-state index contributed by atoms with van der Waals surface area (Å²) in [5.74, 6) is -0.302. The Kier molecular flexibility index (Phi) is 5.47. The first-order valence-electron chi connectivity index (χ1n) is 5.59. The van der Waals surface area contributed by atoms with Crippen LogP contribution in [0, 0.1) is 3.70 Å². The Labute approximate surface area is 125 Å². The lowest BCUT2D eigenvalue weighted by molar-refractivity contribution is -0.143. The number of thioether (sulfide) groups is 1. The van der Waals surface area contributed by atoms with Crippen LogP contribution in [0.15, 0.2) is 6.20 Å². The number of halogens is 1. The molecular weight excluding hydrogens is 365 g/mol. The third kappa shape index (κ3) is 3.18. The zero-order valence-corrected chi connectivity index (χ0v) is 13.7. The number of aliphatic carboxylic acids is 1. The monoisotopic (exact) mass is 383 g/mol. The van der Waals surface area contributed by atoms with Gasteiger partial charge < -0.3 is 10.8 Å². The van der Waals surface area contributed by atoms with Crippen molar-refractivity contribution in [2.24, 2.45) is 5.73 Å². The molecule has 7 heteroatoms. The molecule has 0 aliphatic heterocycles. The quantitative estimate of drug-likeness (QED) is 0.735. The summed E-state index contributed by atoms with van der Waals surface area (Å²) in [6.45, 7) is 3.99. The lowest BCUT2D eigenvalue weighted by Crippen LogP contribution is -2.45. The molecule has 102 valence electrons. The highest BCUT2D eigenvalue weighted by molar-refractivity contribution is 14.1. The predicted molar refractivity (Wildman–Crippen MR) is 81.8 cm³/mol. The summed E-state index contributed by atoms with van der Waals surface area (Å²) < 4.78 is 2.41. The molecule has 1 aromatic heterocycles. The van der Waals surface area contributed by atoms with Gasteiger partial charge in [0.2, 0.25) is 0 Å². The standard InChI is InChI=1S/C11H18IN3O2S/c1-7(2)15-6-8(9(12)14-15)11(13,10(16)17)4-5-18-3/h6-7H,4-5,13H2,1-3H3,(H,16,17). The molecule has 0 bridgehead atoms. The van der Waals surface area contributed by atoms with Crippen molar-refractivity contribution in [1.82, 2.24) is 9.78 Å². The van der Waals surface area contributed by atoms with E-state index in [2.05, 4.69) is 5.10 Å². The number of carboxylic acid groups (broad SMARTS) is 1. The van der Waals surface area contributed by atoms with Crippen LogP contribution in [0.3, 0.4) is 0 Å². The molecule has 0 amide bonds. The topological polar surface area (TPSA) is 81.1 Å². The first kappa shape index (κ1) is 15.8. The van der Waals surface area contributed by atoms with Crippen LogP contribution in [0.1, 0.15) is 31.9 Å². The maximum Gasteiger partial charge on any atom is 0.328 e. The molecule has 0 spiro atoms. The summed E-state index contributed by atoms with van der Waals surface area (Å²) in [6, 6.07) is 0.186. The molecule has 0 saturated carbocycles. The van der Waals surface area contributed by atoms with Gasteiger partial charge in [-0.2, -0.15) is 16.9 Å². The molecule has 0 fully saturated rings. The average molecular weight is 383 g/mol. The summed E-state index contributed by atoms with van der Waals surface area (Å²) in [5.41, 5.74) is 5.33. The summed E-state index contributed by atoms with van der Waals surface area (Å²) in [6.07, 6.45) is 4.08. The molecule has 0 radical (unpaired) electrons. The molecule has 0 aliphatic carbocycles. The van der Waals surface area contributed by atoms with Crippen molar-refractivity contribution in [2.45, 2.75) is 31.8 Å². The molecule has 1 rings (SSSR count). The molecular formula is C11H18IN3O2S. The van der Waals surface area contributed by atoms with E-state index < -0.39 is 11.5 Å². The number of aromatic nitrogens is 2. The molecule has 1 atom stereocenters. The Hall–Kier alpha value is -0.280. The van der Waals surface area contributed by atoms with Crippen molar-refractivity contribution < 1.29 is 9.90 Å². The van der Waals surface area contributed by atoms with E-state index in [4.69, 9.17) is 5.73 Å². The third-order valence-corrected chi connectivity index (χ3v) is 4.19. The molecule has 18 heavy (non-hydrogen) atoms. The minimum Gasteiger partial charge on any atom is -0.480 e. The number of rotatable bonds is 6. The normalized spacial score (nSPS) is 14.8. The molecule has 0 aliphatic rings. The molecule has 5 nitrogen and oxygen atoms in total. The number of nitrogens with zero attached hydrogens (tertiary/aromatic N) is 2. The fourth-order valence-electron chi connectivity index (χ4n) is 1.55. The summed E-state index contributed by atoms with van der Waals surface area (Å²) in [4.78, 5) is 11.5. The van der Waals surface area contributed by atoms with E-state index in [1.165, 1.54) is 0 Å². The highest BCUT2D eigenvalue weighted by Gasteiger charge is 2.39. The van der Waals surface area contributed by atoms with Gasteiger partial charge in [-0.15, -0.1) is 0 Å². The van der Waals surface area contributed by atoms with Gasteiger partial charge in [-0.1, -0.05) is 0 Å². The molecule has 3 N–H and O–H groups in total. The van der Waals surface area contributed by atoms with E-state index in [9.17, 15) is 9.90 Å². The van der Waals surface area contributed by atoms with Gasteiger partial charge in [0.1, 0.15) is 9.24 Å². The van der Waals surface area contributed by atoms with Crippen molar-refractivity contribution in [3.8, 4) is 0 Å². The van der Waals surface area contributed by atoms with E-state index in [-0.39, 0.29) is 6.04 Å². The first-order chi connectivity index (χ1) is 8.32. The lowest BCUT2D eigenvalue weighted by atomic mass is 9.91. The largest absolute Gasteiger partial charge is 0.480 e. The van der Waals surface area contributed by atoms with Crippen molar-refractivity contribution in [2.75, 3.05) is 12.0 Å². The maximum absolute atomic E-state index is 11.5. The van der Waals surface area contributed by atoms with Crippen molar-refractivity contribution in [3.05, 3.63) is 15.5 Å². The highest BCUT2D eigenvalue weighted by atomic mass is 127. The van der Waals surface area contributed by atoms with Crippen molar-refractivity contribution >= 4 is 40.3 Å². The van der Waals surface area contributed by atoms with E-state index in [1.807, 2.05) is 42.7 Å². The van der Waals surface area contributed by atoms with E-state index in [0.717, 1.165) is 0 Å². The number of nitrogens with two attached hydrogens (primary N) is 1. The van der Waals surface area contributed by atoms with Crippen LogP contribution in [0.5, 0.6) is 0 Å². The Balaban J connectivity index is 3.17. The zero-order valence-electron chi connectivity index (χ0n) is 10.7. The number of carbonyl (C=O) groups is 1. The van der Waals surface area contributed by atoms with Crippen LogP contribution in [0.2, 0.25) is 0 Å². The minimum absolute atomic E-state index is 0.186. The van der Waals surface area contributed by atoms with Gasteiger partial charge in [0, 0.05) is 17.8 Å². The number of hydrogen-bond acceptors (Lipinski definition) is 4. The Morgan fingerprint density at radius 1 is 1.72 bits per heavy atom. The second kappa shape index (κ2) is 6.25. The minimum atomic E-state index is -1.35. The zero-order chi connectivity index (χ0) is 13.9. The molecule has 0 saturated heterocycles. The average Bonchev–Trinajstić information content (AvgIpc) is 2.68. The van der Waals surface area contributed by atoms with Gasteiger partial charge in [-0.25, -0.2) is 4.79 Å². The van der Waals surface area contributed by atoms with Crippen LogP contribution >= 0.6 is 34.4 Å². The van der Waals surface area contributed by atoms with E-state index in [0.29, 0.717) is 21.4 Å². The highest BCUT2D eigenvalue weighted by Crippen LogP contribution is 2.28. The molecule has 1 heterocycles. The number of carboxylic acids is 1. The van der Waals surface area contributed by atoms with Gasteiger partial charge in [-0.3, -0.25) is 4.68 Å². The smallest absolute Gasteiger partial charge is 0.328 e. The van der Waals surface area contributed by atoms with Crippen LogP contribution in [-0.4, -0.2) is 32.9 Å². The summed E-state index contributed by atoms with van der Waals surface area (Å²) in [7, 11) is 0. The van der Waals surface area contributed by atoms with Crippen molar-refractivity contribution in [3.63, 3.8) is 0 Å². The second-order valence-corrected chi connectivity index (χ2v) is 6.43. The van der Waals surface area contributed by atoms with E-state index >= 15 is 0 Å². The van der Waals surface area contributed by atoms with Gasteiger partial charge in [-0.05, 0) is 54.9 Å². The third-order valence-electron chi connectivity index (χ3n) is 2.78. The molecule has 1 unspecified atom stereocenters. The van der Waals surface area contributed by atoms with Crippen LogP contribution in [-0.2, 0) is 10.3 Å². The Morgan fingerprint density at radius 2 is 2.33 bits per heavy atom. The first-order valence-corrected chi connectivity index (χ1v) is 8.06. The van der Waals surface area contributed by atoms with Crippen LogP contribution in [0.25, 0.3) is 0 Å². The Bertz CT molecular complexity index is 436. The van der Waals surface area contributed by atoms with Crippen LogP contribution < -0.4 is 5.73 Å². The van der Waals surface area contributed by atoms with E-state index in [1.54, 1.807) is 22.6 Å².